The van der Waals surface area contributed by atoms with Crippen LogP contribution in [0.15, 0.2) is 42.6 Å². The van der Waals surface area contributed by atoms with Gasteiger partial charge in [-0.25, -0.2) is 4.68 Å². The molecule has 1 saturated heterocycles. The maximum atomic E-state index is 12.3. The molecule has 19 heavy (non-hydrogen) atoms. The molecule has 98 valence electrons. The zero-order chi connectivity index (χ0) is 13.1. The first-order valence-corrected chi connectivity index (χ1v) is 6.59. The van der Waals surface area contributed by atoms with Gasteiger partial charge in [-0.15, -0.1) is 0 Å². The number of ether oxygens (including phenoxy) is 1. The lowest BCUT2D eigenvalue weighted by Gasteiger charge is -2.10. The van der Waals surface area contributed by atoms with E-state index in [0.717, 1.165) is 25.1 Å². The van der Waals surface area contributed by atoms with Gasteiger partial charge in [-0.3, -0.25) is 4.79 Å². The second-order valence-corrected chi connectivity index (χ2v) is 4.73. The quantitative estimate of drug-likeness (QED) is 0.790. The van der Waals surface area contributed by atoms with Gasteiger partial charge in [0.15, 0.2) is 5.78 Å². The van der Waals surface area contributed by atoms with Crippen molar-refractivity contribution in [2.45, 2.75) is 25.4 Å². The van der Waals surface area contributed by atoms with Crippen LogP contribution < -0.4 is 0 Å². The van der Waals surface area contributed by atoms with Gasteiger partial charge in [0.1, 0.15) is 5.69 Å². The summed E-state index contributed by atoms with van der Waals surface area (Å²) >= 11 is 0. The number of rotatable bonds is 4. The lowest BCUT2D eigenvalue weighted by molar-refractivity contribution is 0.0769. The Morgan fingerprint density at radius 1 is 1.32 bits per heavy atom. The molecule has 3 rings (SSSR count). The predicted molar refractivity (Wildman–Crippen MR) is 71.5 cm³/mol. The number of aromatic nitrogens is 2. The Kier molecular flexibility index (Phi) is 3.42. The minimum Gasteiger partial charge on any atom is -0.378 e. The molecule has 0 aliphatic carbocycles. The summed E-state index contributed by atoms with van der Waals surface area (Å²) in [6.45, 7) is 0.774. The van der Waals surface area contributed by atoms with Crippen molar-refractivity contribution in [2.24, 2.45) is 0 Å². The Balaban J connectivity index is 1.81. The Labute approximate surface area is 112 Å². The Hall–Kier alpha value is -1.94. The first-order chi connectivity index (χ1) is 9.34. The minimum absolute atomic E-state index is 0.0756. The molecular weight excluding hydrogens is 240 g/mol. The summed E-state index contributed by atoms with van der Waals surface area (Å²) in [5.41, 5.74) is 1.53. The Morgan fingerprint density at radius 3 is 2.89 bits per heavy atom. The first-order valence-electron chi connectivity index (χ1n) is 6.59. The molecule has 0 N–H and O–H groups in total. The van der Waals surface area contributed by atoms with E-state index in [4.69, 9.17) is 4.74 Å². The van der Waals surface area contributed by atoms with Crippen LogP contribution in [0.1, 0.15) is 29.8 Å². The highest BCUT2D eigenvalue weighted by molar-refractivity contribution is 5.95. The summed E-state index contributed by atoms with van der Waals surface area (Å²) in [6, 6.07) is 11.5. The molecule has 4 nitrogen and oxygen atoms in total. The number of ketones is 1. The zero-order valence-corrected chi connectivity index (χ0v) is 10.7. The molecule has 2 heterocycles. The van der Waals surface area contributed by atoms with E-state index in [-0.39, 0.29) is 11.9 Å². The van der Waals surface area contributed by atoms with Crippen molar-refractivity contribution in [3.8, 4) is 5.69 Å². The summed E-state index contributed by atoms with van der Waals surface area (Å²) in [7, 11) is 0. The van der Waals surface area contributed by atoms with E-state index in [1.807, 2.05) is 30.3 Å². The molecule has 1 aliphatic rings. The number of Topliss-reactive ketones (excluding diaryl/α,β-unsaturated/α-hetero) is 1. The SMILES string of the molecule is O=C(CC1CCCO1)c1ccnn1-c1ccccc1. The van der Waals surface area contributed by atoms with Gasteiger partial charge < -0.3 is 4.74 Å². The van der Waals surface area contributed by atoms with Crippen molar-refractivity contribution < 1.29 is 9.53 Å². The molecule has 0 saturated carbocycles. The normalized spacial score (nSPS) is 18.6. The largest absolute Gasteiger partial charge is 0.378 e. The minimum atomic E-state index is 0.0756. The van der Waals surface area contributed by atoms with E-state index >= 15 is 0 Å². The van der Waals surface area contributed by atoms with Gasteiger partial charge in [0, 0.05) is 13.0 Å². The lowest BCUT2D eigenvalue weighted by atomic mass is 10.1. The number of carbonyl (C=O) groups excluding carboxylic acids is 1. The monoisotopic (exact) mass is 256 g/mol. The maximum absolute atomic E-state index is 12.3. The summed E-state index contributed by atoms with van der Waals surface area (Å²) < 4.78 is 7.21. The zero-order valence-electron chi connectivity index (χ0n) is 10.7. The van der Waals surface area contributed by atoms with E-state index in [2.05, 4.69) is 5.10 Å². The number of carbonyl (C=O) groups is 1. The predicted octanol–water partition coefficient (Wildman–Crippen LogP) is 2.62. The number of hydrogen-bond donors (Lipinski definition) is 0. The topological polar surface area (TPSA) is 44.1 Å². The molecule has 1 aliphatic heterocycles. The Bertz CT molecular complexity index is 557. The molecule has 2 aromatic rings. The maximum Gasteiger partial charge on any atom is 0.183 e. The molecule has 1 atom stereocenters. The third-order valence-electron chi connectivity index (χ3n) is 3.37. The molecule has 0 spiro atoms. The summed E-state index contributed by atoms with van der Waals surface area (Å²) in [5.74, 6) is 0.0910. The molecule has 0 bridgehead atoms. The van der Waals surface area contributed by atoms with E-state index in [0.29, 0.717) is 12.1 Å². The van der Waals surface area contributed by atoms with Crippen molar-refractivity contribution in [2.75, 3.05) is 6.61 Å². The van der Waals surface area contributed by atoms with Crippen LogP contribution in [-0.4, -0.2) is 28.3 Å². The van der Waals surface area contributed by atoms with E-state index in [1.165, 1.54) is 0 Å². The van der Waals surface area contributed by atoms with Crippen LogP contribution in [-0.2, 0) is 4.74 Å². The van der Waals surface area contributed by atoms with Crippen molar-refractivity contribution in [1.29, 1.82) is 0 Å². The average Bonchev–Trinajstić information content (AvgIpc) is 3.10. The molecule has 0 amide bonds. The Morgan fingerprint density at radius 2 is 2.16 bits per heavy atom. The van der Waals surface area contributed by atoms with Gasteiger partial charge in [0.2, 0.25) is 0 Å². The van der Waals surface area contributed by atoms with Gasteiger partial charge in [0.05, 0.1) is 18.0 Å². The first kappa shape index (κ1) is 12.1. The molecule has 1 aromatic heterocycles. The van der Waals surface area contributed by atoms with E-state index in [1.54, 1.807) is 16.9 Å². The molecule has 1 aromatic carbocycles. The number of benzene rings is 1. The van der Waals surface area contributed by atoms with Crippen LogP contribution in [0, 0.1) is 0 Å². The fourth-order valence-corrected chi connectivity index (χ4v) is 2.41. The summed E-state index contributed by atoms with van der Waals surface area (Å²) in [6.07, 6.45) is 4.21. The van der Waals surface area contributed by atoms with E-state index < -0.39 is 0 Å². The van der Waals surface area contributed by atoms with Crippen molar-refractivity contribution in [1.82, 2.24) is 9.78 Å². The van der Waals surface area contributed by atoms with Crippen molar-refractivity contribution in [3.63, 3.8) is 0 Å². The standard InChI is InChI=1S/C15H16N2O2/c18-15(11-13-7-4-10-19-13)14-8-9-16-17(14)12-5-2-1-3-6-12/h1-3,5-6,8-9,13H,4,7,10-11H2. The van der Waals surface area contributed by atoms with Crippen LogP contribution in [0.2, 0.25) is 0 Å². The number of para-hydroxylation sites is 1. The lowest BCUT2D eigenvalue weighted by Crippen LogP contribution is -2.16. The summed E-state index contributed by atoms with van der Waals surface area (Å²) in [4.78, 5) is 12.3. The highest BCUT2D eigenvalue weighted by atomic mass is 16.5. The van der Waals surface area contributed by atoms with E-state index in [9.17, 15) is 4.79 Å². The highest BCUT2D eigenvalue weighted by Gasteiger charge is 2.22. The van der Waals surface area contributed by atoms with Gasteiger partial charge in [-0.2, -0.15) is 5.10 Å². The van der Waals surface area contributed by atoms with Crippen LogP contribution >= 0.6 is 0 Å². The fraction of sp³-hybridized carbons (Fsp3) is 0.333. The summed E-state index contributed by atoms with van der Waals surface area (Å²) in [5, 5.41) is 4.24. The second kappa shape index (κ2) is 5.36. The highest BCUT2D eigenvalue weighted by Crippen LogP contribution is 2.19. The second-order valence-electron chi connectivity index (χ2n) is 4.73. The molecular formula is C15H16N2O2. The van der Waals surface area contributed by atoms with Crippen LogP contribution in [0.5, 0.6) is 0 Å². The number of hydrogen-bond acceptors (Lipinski definition) is 3. The van der Waals surface area contributed by atoms with Crippen LogP contribution in [0.4, 0.5) is 0 Å². The third-order valence-corrected chi connectivity index (χ3v) is 3.37. The van der Waals surface area contributed by atoms with Crippen molar-refractivity contribution >= 4 is 5.78 Å². The van der Waals surface area contributed by atoms with Gasteiger partial charge in [0.25, 0.3) is 0 Å². The fourth-order valence-electron chi connectivity index (χ4n) is 2.41. The molecule has 1 unspecified atom stereocenters. The van der Waals surface area contributed by atoms with Gasteiger partial charge in [-0.05, 0) is 31.0 Å². The van der Waals surface area contributed by atoms with Crippen LogP contribution in [0.3, 0.4) is 0 Å². The van der Waals surface area contributed by atoms with Crippen molar-refractivity contribution in [3.05, 3.63) is 48.3 Å². The molecule has 0 radical (unpaired) electrons. The average molecular weight is 256 g/mol. The van der Waals surface area contributed by atoms with Gasteiger partial charge >= 0.3 is 0 Å². The third kappa shape index (κ3) is 2.58. The smallest absolute Gasteiger partial charge is 0.183 e. The van der Waals surface area contributed by atoms with Crippen LogP contribution in [0.25, 0.3) is 5.69 Å². The molecule has 4 heteroatoms. The van der Waals surface area contributed by atoms with Gasteiger partial charge in [-0.1, -0.05) is 18.2 Å². The number of nitrogens with zero attached hydrogens (tertiary/aromatic N) is 2. The molecule has 1 fully saturated rings.